The predicted molar refractivity (Wildman–Crippen MR) is 111 cm³/mol. The first kappa shape index (κ1) is 20.9. The van der Waals surface area contributed by atoms with E-state index in [9.17, 15) is 9.59 Å². The van der Waals surface area contributed by atoms with Crippen LogP contribution in [0.4, 0.5) is 5.69 Å². The maximum atomic E-state index is 12.3. The SMILES string of the molecule is CC(C)OC(=O)c1ccc(Cl)c(NC(=O)CSc2nnc(-c3ccccc3)o2)c1. The fourth-order valence-electron chi connectivity index (χ4n) is 2.31. The van der Waals surface area contributed by atoms with Gasteiger partial charge >= 0.3 is 5.97 Å². The van der Waals surface area contributed by atoms with Crippen LogP contribution in [-0.4, -0.2) is 33.9 Å². The summed E-state index contributed by atoms with van der Waals surface area (Å²) in [5.41, 5.74) is 1.43. The average Bonchev–Trinajstić information content (AvgIpc) is 3.17. The van der Waals surface area contributed by atoms with Crippen molar-refractivity contribution in [2.75, 3.05) is 11.1 Å². The normalized spacial score (nSPS) is 10.8. The number of halogens is 1. The zero-order valence-electron chi connectivity index (χ0n) is 15.7. The smallest absolute Gasteiger partial charge is 0.338 e. The molecule has 0 fully saturated rings. The number of nitrogens with one attached hydrogen (secondary N) is 1. The van der Waals surface area contributed by atoms with Gasteiger partial charge in [-0.25, -0.2) is 4.79 Å². The summed E-state index contributed by atoms with van der Waals surface area (Å²) >= 11 is 7.23. The minimum atomic E-state index is -0.485. The summed E-state index contributed by atoms with van der Waals surface area (Å²) in [5.74, 6) is -0.396. The predicted octanol–water partition coefficient (Wildman–Crippen LogP) is 4.69. The number of nitrogens with zero attached hydrogens (tertiary/aromatic N) is 2. The van der Waals surface area contributed by atoms with Crippen molar-refractivity contribution in [3.05, 3.63) is 59.1 Å². The van der Waals surface area contributed by atoms with Gasteiger partial charge in [0.15, 0.2) is 0 Å². The molecule has 0 aliphatic rings. The molecule has 0 saturated heterocycles. The van der Waals surface area contributed by atoms with Crippen LogP contribution in [0, 0.1) is 0 Å². The zero-order valence-corrected chi connectivity index (χ0v) is 17.3. The number of thioether (sulfide) groups is 1. The summed E-state index contributed by atoms with van der Waals surface area (Å²) in [6.07, 6.45) is -0.247. The molecule has 0 aliphatic carbocycles. The van der Waals surface area contributed by atoms with Crippen molar-refractivity contribution >= 4 is 40.9 Å². The molecule has 3 aromatic rings. The second kappa shape index (κ2) is 9.58. The molecule has 0 atom stereocenters. The van der Waals surface area contributed by atoms with Gasteiger partial charge in [-0.2, -0.15) is 0 Å². The average molecular weight is 432 g/mol. The van der Waals surface area contributed by atoms with Gasteiger partial charge in [-0.15, -0.1) is 10.2 Å². The summed E-state index contributed by atoms with van der Waals surface area (Å²) in [7, 11) is 0. The van der Waals surface area contributed by atoms with E-state index in [0.29, 0.717) is 22.2 Å². The number of ether oxygens (including phenoxy) is 1. The Kier molecular flexibility index (Phi) is 6.90. The maximum absolute atomic E-state index is 12.3. The minimum Gasteiger partial charge on any atom is -0.459 e. The van der Waals surface area contributed by atoms with Gasteiger partial charge in [-0.1, -0.05) is 41.6 Å². The van der Waals surface area contributed by atoms with Gasteiger partial charge in [0.1, 0.15) is 0 Å². The summed E-state index contributed by atoms with van der Waals surface area (Å²) < 4.78 is 10.7. The van der Waals surface area contributed by atoms with E-state index in [2.05, 4.69) is 15.5 Å². The lowest BCUT2D eigenvalue weighted by atomic mass is 10.2. The van der Waals surface area contributed by atoms with Gasteiger partial charge < -0.3 is 14.5 Å². The third-order valence-electron chi connectivity index (χ3n) is 3.57. The van der Waals surface area contributed by atoms with E-state index in [4.69, 9.17) is 20.8 Å². The zero-order chi connectivity index (χ0) is 20.8. The van der Waals surface area contributed by atoms with Crippen LogP contribution in [0.5, 0.6) is 0 Å². The van der Waals surface area contributed by atoms with Crippen molar-refractivity contribution in [3.63, 3.8) is 0 Å². The van der Waals surface area contributed by atoms with E-state index in [1.54, 1.807) is 19.9 Å². The molecule has 1 amide bonds. The largest absolute Gasteiger partial charge is 0.459 e. The van der Waals surface area contributed by atoms with E-state index in [1.165, 1.54) is 12.1 Å². The highest BCUT2D eigenvalue weighted by molar-refractivity contribution is 7.99. The quantitative estimate of drug-likeness (QED) is 0.428. The Morgan fingerprint density at radius 1 is 1.17 bits per heavy atom. The molecule has 9 heteroatoms. The molecule has 0 bridgehead atoms. The summed E-state index contributed by atoms with van der Waals surface area (Å²) in [5, 5.41) is 11.2. The summed E-state index contributed by atoms with van der Waals surface area (Å²) in [6.45, 7) is 3.52. The van der Waals surface area contributed by atoms with E-state index in [1.807, 2.05) is 30.3 Å². The van der Waals surface area contributed by atoms with Crippen molar-refractivity contribution in [1.29, 1.82) is 0 Å². The Hall–Kier alpha value is -2.84. The van der Waals surface area contributed by atoms with E-state index in [0.717, 1.165) is 17.3 Å². The van der Waals surface area contributed by atoms with Crippen LogP contribution in [0.15, 0.2) is 58.2 Å². The highest BCUT2D eigenvalue weighted by Crippen LogP contribution is 2.26. The topological polar surface area (TPSA) is 94.3 Å². The number of hydrogen-bond acceptors (Lipinski definition) is 7. The first-order chi connectivity index (χ1) is 13.9. The van der Waals surface area contributed by atoms with Crippen LogP contribution in [0.25, 0.3) is 11.5 Å². The van der Waals surface area contributed by atoms with E-state index < -0.39 is 5.97 Å². The van der Waals surface area contributed by atoms with E-state index >= 15 is 0 Å². The Balaban J connectivity index is 1.60. The fraction of sp³-hybridized carbons (Fsp3) is 0.200. The van der Waals surface area contributed by atoms with Gasteiger partial charge in [0.2, 0.25) is 11.8 Å². The van der Waals surface area contributed by atoms with Gasteiger partial charge in [0, 0.05) is 5.56 Å². The number of hydrogen-bond donors (Lipinski definition) is 1. The molecule has 1 N–H and O–H groups in total. The van der Waals surface area contributed by atoms with Gasteiger partial charge in [-0.3, -0.25) is 4.79 Å². The van der Waals surface area contributed by atoms with Crippen LogP contribution >= 0.6 is 23.4 Å². The molecule has 150 valence electrons. The van der Waals surface area contributed by atoms with Crippen LogP contribution in [0.3, 0.4) is 0 Å². The van der Waals surface area contributed by atoms with Crippen LogP contribution in [-0.2, 0) is 9.53 Å². The molecule has 29 heavy (non-hydrogen) atoms. The van der Waals surface area contributed by atoms with Crippen LogP contribution in [0.2, 0.25) is 5.02 Å². The Morgan fingerprint density at radius 2 is 1.93 bits per heavy atom. The highest BCUT2D eigenvalue weighted by Gasteiger charge is 2.15. The van der Waals surface area contributed by atoms with E-state index in [-0.39, 0.29) is 23.0 Å². The molecule has 0 aliphatic heterocycles. The molecule has 0 spiro atoms. The number of aromatic nitrogens is 2. The molecule has 2 aromatic carbocycles. The summed E-state index contributed by atoms with van der Waals surface area (Å²) in [6, 6.07) is 13.9. The highest BCUT2D eigenvalue weighted by atomic mass is 35.5. The molecular formula is C20H18ClN3O4S. The Morgan fingerprint density at radius 3 is 2.66 bits per heavy atom. The first-order valence-electron chi connectivity index (χ1n) is 8.74. The van der Waals surface area contributed by atoms with Crippen molar-refractivity contribution < 1.29 is 18.7 Å². The minimum absolute atomic E-state index is 0.0351. The lowest BCUT2D eigenvalue weighted by molar-refractivity contribution is -0.113. The third kappa shape index (κ3) is 5.82. The molecule has 1 heterocycles. The maximum Gasteiger partial charge on any atom is 0.338 e. The van der Waals surface area contributed by atoms with Crippen molar-refractivity contribution in [3.8, 4) is 11.5 Å². The number of esters is 1. The number of benzene rings is 2. The molecule has 7 nitrogen and oxygen atoms in total. The van der Waals surface area contributed by atoms with Crippen molar-refractivity contribution in [2.45, 2.75) is 25.2 Å². The van der Waals surface area contributed by atoms with Crippen molar-refractivity contribution in [2.24, 2.45) is 0 Å². The fourth-order valence-corrected chi connectivity index (χ4v) is 3.04. The number of amides is 1. The van der Waals surface area contributed by atoms with Crippen LogP contribution < -0.4 is 5.32 Å². The first-order valence-corrected chi connectivity index (χ1v) is 10.1. The Labute approximate surface area is 176 Å². The number of carbonyl (C=O) groups is 2. The number of carbonyl (C=O) groups excluding carboxylic acids is 2. The lowest BCUT2D eigenvalue weighted by Gasteiger charge is -2.11. The van der Waals surface area contributed by atoms with Gasteiger partial charge in [0.05, 0.1) is 28.1 Å². The molecule has 3 rings (SSSR count). The standard InChI is InChI=1S/C20H18ClN3O4S/c1-12(2)27-19(26)14-8-9-15(21)16(10-14)22-17(25)11-29-20-24-23-18(28-20)13-6-4-3-5-7-13/h3-10,12H,11H2,1-2H3,(H,22,25). The number of anilines is 1. The molecular weight excluding hydrogens is 414 g/mol. The second-order valence-electron chi connectivity index (χ2n) is 6.22. The van der Waals surface area contributed by atoms with Gasteiger partial charge in [0.25, 0.3) is 5.22 Å². The van der Waals surface area contributed by atoms with Crippen LogP contribution in [0.1, 0.15) is 24.2 Å². The lowest BCUT2D eigenvalue weighted by Crippen LogP contribution is -2.16. The molecule has 0 radical (unpaired) electrons. The monoisotopic (exact) mass is 431 g/mol. The second-order valence-corrected chi connectivity index (χ2v) is 7.56. The van der Waals surface area contributed by atoms with Gasteiger partial charge in [-0.05, 0) is 44.2 Å². The van der Waals surface area contributed by atoms with Crippen molar-refractivity contribution in [1.82, 2.24) is 10.2 Å². The molecule has 1 aromatic heterocycles. The summed E-state index contributed by atoms with van der Waals surface area (Å²) in [4.78, 5) is 24.3. The molecule has 0 unspecified atom stereocenters. The Bertz CT molecular complexity index is 1010. The third-order valence-corrected chi connectivity index (χ3v) is 4.72. The number of rotatable bonds is 7. The molecule has 0 saturated carbocycles.